The van der Waals surface area contributed by atoms with Crippen molar-refractivity contribution in [3.05, 3.63) is 33.1 Å². The number of H-pyrrole nitrogens is 1. The number of ether oxygens (including phenoxy) is 1. The van der Waals surface area contributed by atoms with Crippen LogP contribution < -0.4 is 11.2 Å². The molecule has 1 fully saturated rings. The van der Waals surface area contributed by atoms with Crippen LogP contribution in [0.5, 0.6) is 0 Å². The second-order valence-corrected chi connectivity index (χ2v) is 11.7. The van der Waals surface area contributed by atoms with Crippen LogP contribution in [0.4, 0.5) is 0 Å². The Morgan fingerprint density at radius 1 is 1.52 bits per heavy atom. The SMILES string of the molecule is C=P(C)(C)CC[C@H]1OC(n2ccc(=O)[nH]c2=O)[C@H](I)[C@@H]1O. The van der Waals surface area contributed by atoms with Gasteiger partial charge in [-0.05, 0) is 25.9 Å². The maximum Gasteiger partial charge on any atom is 0.330 e. The summed E-state index contributed by atoms with van der Waals surface area (Å²) in [5.74, 6) is 0. The van der Waals surface area contributed by atoms with E-state index in [4.69, 9.17) is 4.74 Å². The number of nitrogens with one attached hydrogen (secondary N) is 1. The van der Waals surface area contributed by atoms with Crippen LogP contribution in [0, 0.1) is 0 Å². The van der Waals surface area contributed by atoms with Crippen LogP contribution in [0.3, 0.4) is 0 Å². The van der Waals surface area contributed by atoms with Crippen molar-refractivity contribution < 1.29 is 9.84 Å². The van der Waals surface area contributed by atoms with E-state index in [1.165, 1.54) is 16.8 Å². The van der Waals surface area contributed by atoms with Crippen LogP contribution in [0.2, 0.25) is 0 Å². The summed E-state index contributed by atoms with van der Waals surface area (Å²) in [6.45, 7) is 3.10. The summed E-state index contributed by atoms with van der Waals surface area (Å²) in [5, 5.41) is 10.3. The number of halogens is 1. The molecule has 0 bridgehead atoms. The van der Waals surface area contributed by atoms with Crippen molar-refractivity contribution in [3.8, 4) is 0 Å². The van der Waals surface area contributed by atoms with Crippen molar-refractivity contribution >= 4 is 35.8 Å². The Morgan fingerprint density at radius 2 is 2.19 bits per heavy atom. The summed E-state index contributed by atoms with van der Waals surface area (Å²) in [6.07, 6.45) is 5.69. The first-order valence-corrected chi connectivity index (χ1v) is 11.0. The predicted octanol–water partition coefficient (Wildman–Crippen LogP) is 0.698. The minimum absolute atomic E-state index is 0.248. The molecule has 1 aromatic heterocycles. The molecule has 0 saturated carbocycles. The number of rotatable bonds is 4. The van der Waals surface area contributed by atoms with Gasteiger partial charge < -0.3 is 9.84 Å². The van der Waals surface area contributed by atoms with Crippen LogP contribution in [0.25, 0.3) is 0 Å². The lowest BCUT2D eigenvalue weighted by molar-refractivity contribution is -0.0207. The molecule has 6 nitrogen and oxygen atoms in total. The molecule has 2 heterocycles. The summed E-state index contributed by atoms with van der Waals surface area (Å²) in [6, 6.07) is 1.28. The van der Waals surface area contributed by atoms with Gasteiger partial charge in [-0.3, -0.25) is 14.3 Å². The number of aromatic nitrogens is 2. The minimum atomic E-state index is -1.18. The average molecular weight is 426 g/mol. The molecule has 0 aromatic carbocycles. The van der Waals surface area contributed by atoms with E-state index in [0.29, 0.717) is 0 Å². The molecule has 1 aromatic rings. The quantitative estimate of drug-likeness (QED) is 0.422. The van der Waals surface area contributed by atoms with Crippen molar-refractivity contribution in [2.75, 3.05) is 19.5 Å². The molecule has 2 rings (SSSR count). The molecule has 1 aliphatic rings. The maximum absolute atomic E-state index is 11.8. The highest BCUT2D eigenvalue weighted by Crippen LogP contribution is 2.40. The first-order valence-electron chi connectivity index (χ1n) is 6.65. The van der Waals surface area contributed by atoms with Gasteiger partial charge in [0.05, 0.1) is 16.1 Å². The summed E-state index contributed by atoms with van der Waals surface area (Å²) in [5.41, 5.74) is -0.966. The molecule has 2 N–H and O–H groups in total. The normalized spacial score (nSPS) is 29.7. The lowest BCUT2D eigenvalue weighted by atomic mass is 10.1. The molecular weight excluding hydrogens is 406 g/mol. The Balaban J connectivity index is 2.18. The first-order chi connectivity index (χ1) is 9.69. The number of nitrogens with zero attached hydrogens (tertiary/aromatic N) is 1. The molecule has 1 unspecified atom stereocenters. The third-order valence-corrected chi connectivity index (χ3v) is 6.26. The first kappa shape index (κ1) is 17.0. The van der Waals surface area contributed by atoms with Gasteiger partial charge >= 0.3 is 5.69 Å². The lowest BCUT2D eigenvalue weighted by Crippen LogP contribution is -2.35. The van der Waals surface area contributed by atoms with Crippen LogP contribution >= 0.6 is 29.5 Å². The van der Waals surface area contributed by atoms with Crippen LogP contribution in [0.15, 0.2) is 21.9 Å². The Hall–Kier alpha value is -0.370. The van der Waals surface area contributed by atoms with E-state index < -0.39 is 30.5 Å². The predicted molar refractivity (Wildman–Crippen MR) is 94.4 cm³/mol. The second-order valence-electron chi connectivity index (χ2n) is 5.97. The average Bonchev–Trinajstić information content (AvgIpc) is 2.64. The Bertz CT molecular complexity index is 665. The van der Waals surface area contributed by atoms with Crippen molar-refractivity contribution in [3.63, 3.8) is 0 Å². The highest BCUT2D eigenvalue weighted by atomic mass is 127. The summed E-state index contributed by atoms with van der Waals surface area (Å²) in [4.78, 5) is 25.2. The van der Waals surface area contributed by atoms with E-state index >= 15 is 0 Å². The van der Waals surface area contributed by atoms with Crippen LogP contribution in [-0.2, 0) is 4.74 Å². The Morgan fingerprint density at radius 3 is 2.76 bits per heavy atom. The standard InChI is InChI=1S/C13H20IN2O4P/c1-21(2,3)7-5-8-11(18)10(14)12(20-8)16-6-4-9(17)15-13(16)19/h4,6,8,10-12,18H,1,5,7H2,2-3H3,(H,15,17,19)/t8-,10-,11-,12?/m1/s1. The maximum atomic E-state index is 11.8. The number of alkyl halides is 1. The van der Waals surface area contributed by atoms with Crippen LogP contribution in [-0.4, -0.2) is 56.6 Å². The third kappa shape index (κ3) is 4.09. The number of hydrogen-bond donors (Lipinski definition) is 2. The van der Waals surface area contributed by atoms with Gasteiger partial charge in [0, 0.05) is 12.3 Å². The van der Waals surface area contributed by atoms with Gasteiger partial charge in [0.2, 0.25) is 0 Å². The molecule has 1 aliphatic heterocycles. The minimum Gasteiger partial charge on any atom is -0.389 e. The van der Waals surface area contributed by atoms with E-state index in [2.05, 4.69) is 47.2 Å². The number of hydrogen-bond acceptors (Lipinski definition) is 4. The van der Waals surface area contributed by atoms with Crippen LogP contribution in [0.1, 0.15) is 12.6 Å². The fourth-order valence-electron chi connectivity index (χ4n) is 2.27. The highest BCUT2D eigenvalue weighted by Gasteiger charge is 2.43. The fraction of sp³-hybridized carbons (Fsp3) is 0.615. The Labute approximate surface area is 136 Å². The zero-order chi connectivity index (χ0) is 15.8. The molecule has 1 saturated heterocycles. The molecule has 0 radical (unpaired) electrons. The zero-order valence-electron chi connectivity index (χ0n) is 12.0. The summed E-state index contributed by atoms with van der Waals surface area (Å²) >= 11 is 2.09. The molecular formula is C13H20IN2O4P. The smallest absolute Gasteiger partial charge is 0.330 e. The number of aromatic amines is 1. The van der Waals surface area contributed by atoms with E-state index in [1.807, 2.05) is 0 Å². The molecule has 8 heteroatoms. The van der Waals surface area contributed by atoms with E-state index in [0.717, 1.165) is 12.6 Å². The van der Waals surface area contributed by atoms with E-state index in [-0.39, 0.29) is 10.0 Å². The van der Waals surface area contributed by atoms with Gasteiger partial charge in [-0.25, -0.2) is 4.79 Å². The number of aliphatic hydroxyl groups excluding tert-OH is 1. The molecule has 21 heavy (non-hydrogen) atoms. The van der Waals surface area contributed by atoms with E-state index in [1.54, 1.807) is 0 Å². The molecule has 118 valence electrons. The largest absolute Gasteiger partial charge is 0.389 e. The molecule has 0 amide bonds. The third-order valence-electron chi connectivity index (χ3n) is 3.44. The molecule has 0 spiro atoms. The number of aliphatic hydroxyl groups is 1. The lowest BCUT2D eigenvalue weighted by Gasteiger charge is -2.19. The van der Waals surface area contributed by atoms with Gasteiger partial charge in [0.15, 0.2) is 6.23 Å². The van der Waals surface area contributed by atoms with Gasteiger partial charge in [0.1, 0.15) is 0 Å². The van der Waals surface area contributed by atoms with Gasteiger partial charge in [-0.2, -0.15) is 0 Å². The Kier molecular flexibility index (Phi) is 5.18. The fourth-order valence-corrected chi connectivity index (χ4v) is 4.20. The van der Waals surface area contributed by atoms with E-state index in [9.17, 15) is 14.7 Å². The van der Waals surface area contributed by atoms with Crippen molar-refractivity contribution in [1.29, 1.82) is 0 Å². The van der Waals surface area contributed by atoms with Gasteiger partial charge in [-0.1, -0.05) is 22.6 Å². The van der Waals surface area contributed by atoms with Crippen molar-refractivity contribution in [2.45, 2.75) is 28.8 Å². The highest BCUT2D eigenvalue weighted by molar-refractivity contribution is 14.1. The van der Waals surface area contributed by atoms with Crippen molar-refractivity contribution in [1.82, 2.24) is 9.55 Å². The zero-order valence-corrected chi connectivity index (χ0v) is 15.1. The molecule has 0 aliphatic carbocycles. The summed E-state index contributed by atoms with van der Waals surface area (Å²) < 4.78 is 6.94. The van der Waals surface area contributed by atoms with Gasteiger partial charge in [-0.15, -0.1) is 13.2 Å². The monoisotopic (exact) mass is 426 g/mol. The topological polar surface area (TPSA) is 84.3 Å². The summed E-state index contributed by atoms with van der Waals surface area (Å²) in [7, 11) is 0. The second kappa shape index (κ2) is 6.40. The van der Waals surface area contributed by atoms with Gasteiger partial charge in [0.25, 0.3) is 5.56 Å². The molecule has 4 atom stereocenters. The van der Waals surface area contributed by atoms with Crippen molar-refractivity contribution in [2.24, 2.45) is 0 Å².